The zero-order chi connectivity index (χ0) is 19.7. The molecule has 26 heavy (non-hydrogen) atoms. The number of aliphatic hydroxyl groups is 1. The average Bonchev–Trinajstić information content (AvgIpc) is 2.60. The number of aromatic hydroxyl groups is 3. The van der Waals surface area contributed by atoms with Crippen molar-refractivity contribution >= 4 is 5.97 Å². The van der Waals surface area contributed by atoms with E-state index in [0.29, 0.717) is 12.1 Å². The van der Waals surface area contributed by atoms with E-state index in [0.717, 1.165) is 5.56 Å². The van der Waals surface area contributed by atoms with E-state index in [1.165, 1.54) is 24.3 Å². The van der Waals surface area contributed by atoms with Crippen LogP contribution in [0.3, 0.4) is 0 Å². The summed E-state index contributed by atoms with van der Waals surface area (Å²) in [4.78, 5) is 10.4. The molecule has 0 saturated heterocycles. The number of rotatable bonds is 6. The van der Waals surface area contributed by atoms with E-state index < -0.39 is 18.1 Å². The van der Waals surface area contributed by atoms with Gasteiger partial charge in [-0.3, -0.25) is 4.79 Å². The molecule has 8 heteroatoms. The second-order valence-corrected chi connectivity index (χ2v) is 5.64. The lowest BCUT2D eigenvalue weighted by atomic mass is 10.1. The van der Waals surface area contributed by atoms with Crippen molar-refractivity contribution in [3.63, 3.8) is 0 Å². The number of carboxylic acid groups (broad SMARTS) is 1. The smallest absolute Gasteiger partial charge is 0.320 e. The Balaban J connectivity index is 0.000000260. The summed E-state index contributed by atoms with van der Waals surface area (Å²) in [6.45, 7) is 0.407. The Morgan fingerprint density at radius 3 is 2.19 bits per heavy atom. The van der Waals surface area contributed by atoms with Crippen molar-refractivity contribution < 1.29 is 30.3 Å². The molecule has 0 spiro atoms. The molecule has 2 unspecified atom stereocenters. The van der Waals surface area contributed by atoms with Crippen LogP contribution in [0.25, 0.3) is 0 Å². The van der Waals surface area contributed by atoms with Gasteiger partial charge in [0.1, 0.15) is 11.8 Å². The quantitative estimate of drug-likeness (QED) is 0.369. The maximum absolute atomic E-state index is 10.4. The molecule has 0 aliphatic heterocycles. The lowest BCUT2D eigenvalue weighted by Gasteiger charge is -2.10. The molecule has 0 saturated carbocycles. The van der Waals surface area contributed by atoms with Gasteiger partial charge in [-0.25, -0.2) is 0 Å². The van der Waals surface area contributed by atoms with Crippen LogP contribution in [0.4, 0.5) is 0 Å². The maximum Gasteiger partial charge on any atom is 0.320 e. The number of nitrogens with two attached hydrogens (primary N) is 1. The standard InChI is InChI=1S/C9H13NO3.C9H11NO3/c1-10-5-9(13)6-2-3-7(11)8(12)4-6;10-8(9(12)13)5-6-1-3-7(11)4-2-6/h2-4,9-13H,5H2,1H3;1-4,8,11H,5,10H2,(H,12,13). The van der Waals surface area contributed by atoms with Crippen molar-refractivity contribution in [2.24, 2.45) is 5.73 Å². The molecular formula is C18H24N2O6. The minimum atomic E-state index is -1.02. The number of aliphatic carboxylic acids is 1. The molecule has 2 aromatic rings. The highest BCUT2D eigenvalue weighted by molar-refractivity contribution is 5.73. The predicted molar refractivity (Wildman–Crippen MR) is 96.1 cm³/mol. The summed E-state index contributed by atoms with van der Waals surface area (Å²) in [5.41, 5.74) is 6.70. The van der Waals surface area contributed by atoms with Crippen LogP contribution in [0.2, 0.25) is 0 Å². The highest BCUT2D eigenvalue weighted by Gasteiger charge is 2.11. The summed E-state index contributed by atoms with van der Waals surface area (Å²) in [6, 6.07) is 9.69. The van der Waals surface area contributed by atoms with Crippen molar-refractivity contribution in [2.45, 2.75) is 18.6 Å². The number of likely N-dealkylation sites (N-methyl/N-ethyl adjacent to an activating group) is 1. The van der Waals surface area contributed by atoms with Gasteiger partial charge in [-0.1, -0.05) is 18.2 Å². The van der Waals surface area contributed by atoms with Crippen LogP contribution in [0.15, 0.2) is 42.5 Å². The summed E-state index contributed by atoms with van der Waals surface area (Å²) in [7, 11) is 1.73. The minimum Gasteiger partial charge on any atom is -0.508 e. The van der Waals surface area contributed by atoms with E-state index in [4.69, 9.17) is 26.2 Å². The predicted octanol–water partition coefficient (Wildman–Crippen LogP) is 0.697. The van der Waals surface area contributed by atoms with Crippen LogP contribution in [-0.4, -0.2) is 51.1 Å². The lowest BCUT2D eigenvalue weighted by Crippen LogP contribution is -2.32. The third kappa shape index (κ3) is 6.98. The third-order valence-electron chi connectivity index (χ3n) is 3.49. The van der Waals surface area contributed by atoms with Crippen LogP contribution in [0.1, 0.15) is 17.2 Å². The Morgan fingerprint density at radius 1 is 1.08 bits per heavy atom. The summed E-state index contributed by atoms with van der Waals surface area (Å²) in [5, 5.41) is 47.9. The fourth-order valence-corrected chi connectivity index (χ4v) is 2.03. The molecule has 0 bridgehead atoms. The van der Waals surface area contributed by atoms with Gasteiger partial charge >= 0.3 is 5.97 Å². The Morgan fingerprint density at radius 2 is 1.69 bits per heavy atom. The molecule has 0 radical (unpaired) electrons. The van der Waals surface area contributed by atoms with E-state index in [-0.39, 0.29) is 23.7 Å². The van der Waals surface area contributed by atoms with Gasteiger partial charge < -0.3 is 36.6 Å². The molecule has 2 atom stereocenters. The Labute approximate surface area is 151 Å². The van der Waals surface area contributed by atoms with Crippen LogP contribution in [-0.2, 0) is 11.2 Å². The molecule has 0 heterocycles. The van der Waals surface area contributed by atoms with Crippen LogP contribution in [0, 0.1) is 0 Å². The number of phenolic OH excluding ortho intramolecular Hbond substituents is 3. The first-order valence-electron chi connectivity index (χ1n) is 7.85. The Bertz CT molecular complexity index is 705. The summed E-state index contributed by atoms with van der Waals surface area (Å²) in [5.74, 6) is -1.26. The number of hydrogen-bond acceptors (Lipinski definition) is 7. The molecule has 0 amide bonds. The first-order chi connectivity index (χ1) is 12.2. The fraction of sp³-hybridized carbons (Fsp3) is 0.278. The second kappa shape index (κ2) is 10.2. The van der Waals surface area contributed by atoms with Gasteiger partial charge in [0, 0.05) is 6.54 Å². The van der Waals surface area contributed by atoms with E-state index in [2.05, 4.69) is 5.32 Å². The normalized spacial score (nSPS) is 12.6. The maximum atomic E-state index is 10.4. The van der Waals surface area contributed by atoms with Crippen molar-refractivity contribution in [1.29, 1.82) is 0 Å². The average molecular weight is 364 g/mol. The van der Waals surface area contributed by atoms with Crippen molar-refractivity contribution in [3.8, 4) is 17.2 Å². The van der Waals surface area contributed by atoms with E-state index >= 15 is 0 Å². The topological polar surface area (TPSA) is 156 Å². The van der Waals surface area contributed by atoms with Gasteiger partial charge in [0.05, 0.1) is 6.10 Å². The van der Waals surface area contributed by atoms with E-state index in [1.807, 2.05) is 0 Å². The summed E-state index contributed by atoms with van der Waals surface area (Å²) >= 11 is 0. The largest absolute Gasteiger partial charge is 0.508 e. The number of carbonyl (C=O) groups is 1. The van der Waals surface area contributed by atoms with Gasteiger partial charge in [0.15, 0.2) is 11.5 Å². The summed E-state index contributed by atoms with van der Waals surface area (Å²) < 4.78 is 0. The van der Waals surface area contributed by atoms with E-state index in [1.54, 1.807) is 25.2 Å². The number of nitrogens with one attached hydrogen (secondary N) is 1. The number of aliphatic hydroxyl groups excluding tert-OH is 1. The van der Waals surface area contributed by atoms with Gasteiger partial charge in [-0.2, -0.15) is 0 Å². The van der Waals surface area contributed by atoms with Crippen LogP contribution >= 0.6 is 0 Å². The Kier molecular flexibility index (Phi) is 8.36. The zero-order valence-electron chi connectivity index (χ0n) is 14.3. The van der Waals surface area contributed by atoms with Crippen LogP contribution in [0.5, 0.6) is 17.2 Å². The first-order valence-corrected chi connectivity index (χ1v) is 7.85. The first kappa shape index (κ1) is 21.2. The molecule has 142 valence electrons. The highest BCUT2D eigenvalue weighted by Crippen LogP contribution is 2.27. The Hall–Kier alpha value is -2.81. The number of carboxylic acids is 1. The highest BCUT2D eigenvalue weighted by atomic mass is 16.4. The summed E-state index contributed by atoms with van der Waals surface area (Å²) in [6.07, 6.45) is -0.396. The number of hydrogen-bond donors (Lipinski definition) is 7. The molecule has 0 aliphatic rings. The molecule has 0 aliphatic carbocycles. The van der Waals surface area contributed by atoms with Gasteiger partial charge in [0.2, 0.25) is 0 Å². The minimum absolute atomic E-state index is 0.160. The van der Waals surface area contributed by atoms with Crippen molar-refractivity contribution in [2.75, 3.05) is 13.6 Å². The van der Waals surface area contributed by atoms with Crippen molar-refractivity contribution in [3.05, 3.63) is 53.6 Å². The molecular weight excluding hydrogens is 340 g/mol. The van der Waals surface area contributed by atoms with Crippen LogP contribution < -0.4 is 11.1 Å². The number of benzene rings is 2. The van der Waals surface area contributed by atoms with Crippen molar-refractivity contribution in [1.82, 2.24) is 5.32 Å². The zero-order valence-corrected chi connectivity index (χ0v) is 14.3. The molecule has 8 nitrogen and oxygen atoms in total. The fourth-order valence-electron chi connectivity index (χ4n) is 2.03. The third-order valence-corrected chi connectivity index (χ3v) is 3.49. The van der Waals surface area contributed by atoms with Gasteiger partial charge in [-0.15, -0.1) is 0 Å². The van der Waals surface area contributed by atoms with E-state index in [9.17, 15) is 9.90 Å². The van der Waals surface area contributed by atoms with Gasteiger partial charge in [-0.05, 0) is 48.9 Å². The lowest BCUT2D eigenvalue weighted by molar-refractivity contribution is -0.138. The van der Waals surface area contributed by atoms with Gasteiger partial charge in [0.25, 0.3) is 0 Å². The monoisotopic (exact) mass is 364 g/mol. The molecule has 0 aromatic heterocycles. The molecule has 2 aromatic carbocycles. The SMILES string of the molecule is CNCC(O)c1ccc(O)c(O)c1.NC(Cc1ccc(O)cc1)C(=O)O. The number of phenols is 3. The second-order valence-electron chi connectivity index (χ2n) is 5.64. The molecule has 2 rings (SSSR count). The molecule has 0 fully saturated rings. The molecule has 8 N–H and O–H groups in total.